The maximum atomic E-state index is 13.0. The summed E-state index contributed by atoms with van der Waals surface area (Å²) in [6, 6.07) is 5.07. The van der Waals surface area contributed by atoms with Gasteiger partial charge in [0.05, 0.1) is 0 Å². The quantitative estimate of drug-likeness (QED) is 0.599. The minimum Gasteiger partial charge on any atom is -0.356 e. The first-order chi connectivity index (χ1) is 13.6. The number of fused-ring (bicyclic) bond motifs is 1. The number of carbonyl (C=O) groups excluding carboxylic acids is 3. The zero-order valence-corrected chi connectivity index (χ0v) is 15.9. The number of imide groups is 1. The lowest BCUT2D eigenvalue weighted by Gasteiger charge is -2.29. The van der Waals surface area contributed by atoms with Crippen LogP contribution in [0, 0.1) is 0 Å². The van der Waals surface area contributed by atoms with E-state index in [9.17, 15) is 14.4 Å². The van der Waals surface area contributed by atoms with Crippen LogP contribution in [0.1, 0.15) is 40.2 Å². The molecule has 1 aromatic carbocycles. The number of benzene rings is 1. The number of carbonyl (C=O) groups is 3. The van der Waals surface area contributed by atoms with Crippen LogP contribution in [0.25, 0.3) is 0 Å². The zero-order chi connectivity index (χ0) is 19.7. The van der Waals surface area contributed by atoms with Crippen molar-refractivity contribution in [1.29, 1.82) is 0 Å². The van der Waals surface area contributed by atoms with Gasteiger partial charge in [-0.05, 0) is 24.1 Å². The molecule has 10 heteroatoms. The molecule has 2 aliphatic heterocycles. The molecule has 146 valence electrons. The minimum atomic E-state index is -0.611. The Balaban J connectivity index is 1.50. The van der Waals surface area contributed by atoms with Crippen molar-refractivity contribution in [2.45, 2.75) is 38.4 Å². The highest BCUT2D eigenvalue weighted by atomic mass is 32.1. The average Bonchev–Trinajstić information content (AvgIpc) is 3.25. The van der Waals surface area contributed by atoms with E-state index in [4.69, 9.17) is 5.73 Å². The third-order valence-corrected chi connectivity index (χ3v) is 5.62. The van der Waals surface area contributed by atoms with Crippen LogP contribution in [0.3, 0.4) is 0 Å². The molecular weight excluding hydrogens is 380 g/mol. The monoisotopic (exact) mass is 400 g/mol. The van der Waals surface area contributed by atoms with Crippen LogP contribution < -0.4 is 16.4 Å². The molecule has 3 heterocycles. The van der Waals surface area contributed by atoms with Gasteiger partial charge < -0.3 is 16.0 Å². The summed E-state index contributed by atoms with van der Waals surface area (Å²) in [6.07, 6.45) is 1.22. The maximum absolute atomic E-state index is 13.0. The molecule has 0 aliphatic carbocycles. The fraction of sp³-hybridized carbons (Fsp3) is 0.389. The molecule has 1 fully saturated rings. The third-order valence-electron chi connectivity index (χ3n) is 4.90. The lowest BCUT2D eigenvalue weighted by Crippen LogP contribution is -2.52. The highest BCUT2D eigenvalue weighted by molar-refractivity contribution is 7.09. The lowest BCUT2D eigenvalue weighted by atomic mass is 10.0. The van der Waals surface area contributed by atoms with Crippen molar-refractivity contribution in [2.75, 3.05) is 11.9 Å². The Bertz CT molecular complexity index is 943. The van der Waals surface area contributed by atoms with Gasteiger partial charge in [-0.2, -0.15) is 4.37 Å². The summed E-state index contributed by atoms with van der Waals surface area (Å²) in [5.74, 6) is -0.170. The molecule has 0 saturated carbocycles. The second-order valence-electron chi connectivity index (χ2n) is 6.76. The molecule has 1 saturated heterocycles. The van der Waals surface area contributed by atoms with E-state index in [0.717, 1.165) is 11.1 Å². The number of piperidine rings is 1. The molecule has 4 N–H and O–H groups in total. The number of aromatic nitrogens is 2. The SMILES string of the molecule is NCCc1nsc(NCc2cccc3c2C(=O)N(C2CCC(=O)NC2=O)C3)n1. The first kappa shape index (κ1) is 18.5. The van der Waals surface area contributed by atoms with Gasteiger partial charge in [-0.1, -0.05) is 18.2 Å². The number of rotatable bonds is 6. The molecule has 1 aromatic heterocycles. The van der Waals surface area contributed by atoms with E-state index in [1.165, 1.54) is 11.5 Å². The van der Waals surface area contributed by atoms with Crippen molar-refractivity contribution >= 4 is 34.4 Å². The van der Waals surface area contributed by atoms with Crippen molar-refractivity contribution < 1.29 is 14.4 Å². The van der Waals surface area contributed by atoms with Gasteiger partial charge in [0, 0.05) is 43.0 Å². The average molecular weight is 400 g/mol. The molecule has 2 aromatic rings. The number of hydrogen-bond donors (Lipinski definition) is 3. The Morgan fingerprint density at radius 2 is 2.18 bits per heavy atom. The van der Waals surface area contributed by atoms with Gasteiger partial charge in [0.25, 0.3) is 5.91 Å². The molecule has 9 nitrogen and oxygen atoms in total. The second-order valence-corrected chi connectivity index (χ2v) is 7.51. The number of nitrogens with zero attached hydrogens (tertiary/aromatic N) is 3. The van der Waals surface area contributed by atoms with E-state index in [1.807, 2.05) is 18.2 Å². The van der Waals surface area contributed by atoms with Gasteiger partial charge in [-0.3, -0.25) is 19.7 Å². The normalized spacial score (nSPS) is 19.0. The predicted molar refractivity (Wildman–Crippen MR) is 102 cm³/mol. The van der Waals surface area contributed by atoms with Crippen molar-refractivity contribution in [1.82, 2.24) is 19.6 Å². The van der Waals surface area contributed by atoms with Crippen molar-refractivity contribution in [2.24, 2.45) is 5.73 Å². The topological polar surface area (TPSA) is 130 Å². The Labute approximate surface area is 165 Å². The third kappa shape index (κ3) is 3.48. The number of anilines is 1. The second kappa shape index (κ2) is 7.64. The standard InChI is InChI=1S/C18H20N6O3S/c19-7-6-13-21-18(28-23-13)20-8-10-2-1-3-11-9-24(17(27)15(10)11)12-4-5-14(25)22-16(12)26/h1-3,12H,4-9,19H2,(H,20,21,23)(H,22,25,26). The van der Waals surface area contributed by atoms with Crippen LogP contribution in [0.5, 0.6) is 0 Å². The van der Waals surface area contributed by atoms with Gasteiger partial charge in [0.15, 0.2) is 0 Å². The van der Waals surface area contributed by atoms with Crippen molar-refractivity contribution in [3.63, 3.8) is 0 Å². The maximum Gasteiger partial charge on any atom is 0.255 e. The van der Waals surface area contributed by atoms with E-state index in [-0.39, 0.29) is 18.2 Å². The highest BCUT2D eigenvalue weighted by Crippen LogP contribution is 2.30. The first-order valence-electron chi connectivity index (χ1n) is 9.08. The van der Waals surface area contributed by atoms with Crippen molar-refractivity contribution in [3.05, 3.63) is 40.7 Å². The molecule has 2 aliphatic rings. The number of hydrogen-bond acceptors (Lipinski definition) is 8. The summed E-state index contributed by atoms with van der Waals surface area (Å²) >= 11 is 1.26. The van der Waals surface area contributed by atoms with Crippen LogP contribution in [0.15, 0.2) is 18.2 Å². The van der Waals surface area contributed by atoms with E-state index in [2.05, 4.69) is 20.0 Å². The van der Waals surface area contributed by atoms with E-state index in [0.29, 0.717) is 49.0 Å². The largest absolute Gasteiger partial charge is 0.356 e. The summed E-state index contributed by atoms with van der Waals surface area (Å²) in [7, 11) is 0. The Morgan fingerprint density at radius 3 is 2.96 bits per heavy atom. The van der Waals surface area contributed by atoms with E-state index in [1.54, 1.807) is 4.90 Å². The number of nitrogens with one attached hydrogen (secondary N) is 2. The van der Waals surface area contributed by atoms with Gasteiger partial charge in [-0.15, -0.1) is 0 Å². The molecule has 3 amide bonds. The fourth-order valence-corrected chi connectivity index (χ4v) is 4.17. The van der Waals surface area contributed by atoms with Gasteiger partial charge in [-0.25, -0.2) is 4.98 Å². The van der Waals surface area contributed by atoms with Crippen LogP contribution in [-0.4, -0.2) is 44.6 Å². The number of amides is 3. The molecular formula is C18H20N6O3S. The van der Waals surface area contributed by atoms with Crippen molar-refractivity contribution in [3.8, 4) is 0 Å². The van der Waals surface area contributed by atoms with E-state index < -0.39 is 11.9 Å². The molecule has 28 heavy (non-hydrogen) atoms. The minimum absolute atomic E-state index is 0.178. The summed E-state index contributed by atoms with van der Waals surface area (Å²) in [4.78, 5) is 42.5. The summed E-state index contributed by atoms with van der Waals surface area (Å²) in [6.45, 7) is 1.29. The number of nitrogens with two attached hydrogens (primary N) is 1. The molecule has 0 radical (unpaired) electrons. The Morgan fingerprint density at radius 1 is 1.32 bits per heavy atom. The summed E-state index contributed by atoms with van der Waals surface area (Å²) in [5, 5.41) is 6.20. The molecule has 0 bridgehead atoms. The molecule has 1 atom stereocenters. The molecule has 4 rings (SSSR count). The zero-order valence-electron chi connectivity index (χ0n) is 15.1. The van der Waals surface area contributed by atoms with Gasteiger partial charge in [0.2, 0.25) is 16.9 Å². The van der Waals surface area contributed by atoms with E-state index >= 15 is 0 Å². The first-order valence-corrected chi connectivity index (χ1v) is 9.86. The predicted octanol–water partition coefficient (Wildman–Crippen LogP) is 0.412. The summed E-state index contributed by atoms with van der Waals surface area (Å²) < 4.78 is 4.23. The van der Waals surface area contributed by atoms with Crippen LogP contribution >= 0.6 is 11.5 Å². The van der Waals surface area contributed by atoms with Gasteiger partial charge >= 0.3 is 0 Å². The van der Waals surface area contributed by atoms with Crippen LogP contribution in [0.2, 0.25) is 0 Å². The Kier molecular flexibility index (Phi) is 5.05. The van der Waals surface area contributed by atoms with Crippen LogP contribution in [-0.2, 0) is 29.1 Å². The lowest BCUT2D eigenvalue weighted by molar-refractivity contribution is -0.136. The smallest absolute Gasteiger partial charge is 0.255 e. The summed E-state index contributed by atoms with van der Waals surface area (Å²) in [5.41, 5.74) is 7.86. The fourth-order valence-electron chi connectivity index (χ4n) is 3.56. The highest BCUT2D eigenvalue weighted by Gasteiger charge is 2.39. The van der Waals surface area contributed by atoms with Crippen LogP contribution in [0.4, 0.5) is 5.13 Å². The molecule has 0 spiro atoms. The Hall–Kier alpha value is -2.85. The van der Waals surface area contributed by atoms with Gasteiger partial charge in [0.1, 0.15) is 11.9 Å². The molecule has 1 unspecified atom stereocenters.